The summed E-state index contributed by atoms with van der Waals surface area (Å²) in [6.45, 7) is 5.07. The van der Waals surface area contributed by atoms with Crippen LogP contribution in [0, 0.1) is 5.41 Å². The largest absolute Gasteiger partial charge is 0.462 e. The first kappa shape index (κ1) is 19.7. The van der Waals surface area contributed by atoms with Crippen molar-refractivity contribution in [1.29, 1.82) is 0 Å². The second-order valence-electron chi connectivity index (χ2n) is 8.44. The Labute approximate surface area is 170 Å². The van der Waals surface area contributed by atoms with Gasteiger partial charge in [0.1, 0.15) is 17.1 Å². The molecule has 3 aliphatic rings. The van der Waals surface area contributed by atoms with E-state index in [-0.39, 0.29) is 17.5 Å². The molecule has 6 nitrogen and oxygen atoms in total. The standard InChI is InChI=1S/C21H31N3O3S/c1-28(26)22-17-4-6-18(7-5-17)24-14-12-23(13-15-24)11-8-19-16-21(20(25)27-19)9-2-3-10-21/h4-7,19,22H,2-3,8-16H2,1H3. The minimum atomic E-state index is -1.04. The summed E-state index contributed by atoms with van der Waals surface area (Å²) in [4.78, 5) is 17.2. The molecular formula is C21H31N3O3S. The first-order valence-corrected chi connectivity index (χ1v) is 12.0. The van der Waals surface area contributed by atoms with Gasteiger partial charge in [-0.2, -0.15) is 0 Å². The Morgan fingerprint density at radius 3 is 2.46 bits per heavy atom. The highest BCUT2D eigenvalue weighted by Crippen LogP contribution is 2.48. The molecule has 0 amide bonds. The molecule has 1 aromatic carbocycles. The molecule has 3 fully saturated rings. The fourth-order valence-corrected chi connectivity index (χ4v) is 5.39. The number of benzene rings is 1. The highest BCUT2D eigenvalue weighted by molar-refractivity contribution is 7.85. The van der Waals surface area contributed by atoms with Gasteiger partial charge in [0.05, 0.1) is 5.41 Å². The van der Waals surface area contributed by atoms with E-state index in [4.69, 9.17) is 4.74 Å². The first-order chi connectivity index (χ1) is 13.5. The fourth-order valence-electron chi connectivity index (χ4n) is 4.92. The van der Waals surface area contributed by atoms with Crippen LogP contribution in [0.15, 0.2) is 24.3 Å². The Bertz CT molecular complexity index is 710. The third-order valence-corrected chi connectivity index (χ3v) is 7.04. The van der Waals surface area contributed by atoms with Crippen molar-refractivity contribution < 1.29 is 13.7 Å². The number of nitrogens with zero attached hydrogens (tertiary/aromatic N) is 2. The van der Waals surface area contributed by atoms with Crippen molar-refractivity contribution in [2.45, 2.75) is 44.6 Å². The zero-order valence-corrected chi connectivity index (χ0v) is 17.5. The van der Waals surface area contributed by atoms with E-state index in [9.17, 15) is 9.00 Å². The molecule has 154 valence electrons. The number of anilines is 2. The van der Waals surface area contributed by atoms with E-state index < -0.39 is 11.0 Å². The lowest BCUT2D eigenvalue weighted by molar-refractivity contribution is -0.148. The predicted octanol–water partition coefficient (Wildman–Crippen LogP) is 2.78. The van der Waals surface area contributed by atoms with Gasteiger partial charge in [-0.15, -0.1) is 0 Å². The van der Waals surface area contributed by atoms with Crippen LogP contribution in [0.25, 0.3) is 0 Å². The number of cyclic esters (lactones) is 1. The Kier molecular flexibility index (Phi) is 5.92. The predicted molar refractivity (Wildman–Crippen MR) is 113 cm³/mol. The van der Waals surface area contributed by atoms with Crippen molar-refractivity contribution in [2.75, 3.05) is 48.6 Å². The lowest BCUT2D eigenvalue weighted by atomic mass is 9.83. The molecule has 2 heterocycles. The minimum Gasteiger partial charge on any atom is -0.462 e. The average molecular weight is 406 g/mol. The van der Waals surface area contributed by atoms with Crippen molar-refractivity contribution >= 4 is 28.3 Å². The molecule has 28 heavy (non-hydrogen) atoms. The number of piperazine rings is 1. The third kappa shape index (κ3) is 4.35. The Hall–Kier alpha value is -1.60. The van der Waals surface area contributed by atoms with Gasteiger partial charge in [-0.05, 0) is 43.5 Å². The van der Waals surface area contributed by atoms with Crippen LogP contribution in [0.5, 0.6) is 0 Å². The second kappa shape index (κ2) is 8.41. The Morgan fingerprint density at radius 2 is 1.82 bits per heavy atom. The summed E-state index contributed by atoms with van der Waals surface area (Å²) < 4.78 is 19.9. The van der Waals surface area contributed by atoms with Crippen LogP contribution in [0.3, 0.4) is 0 Å². The maximum Gasteiger partial charge on any atom is 0.312 e. The fraction of sp³-hybridized carbons (Fsp3) is 0.667. The van der Waals surface area contributed by atoms with E-state index in [1.807, 2.05) is 12.1 Å². The average Bonchev–Trinajstić information content (AvgIpc) is 3.28. The Morgan fingerprint density at radius 1 is 1.14 bits per heavy atom. The topological polar surface area (TPSA) is 61.9 Å². The number of hydrogen-bond acceptors (Lipinski definition) is 5. The van der Waals surface area contributed by atoms with E-state index in [1.165, 1.54) is 18.5 Å². The summed E-state index contributed by atoms with van der Waals surface area (Å²) in [5, 5.41) is 0. The van der Waals surface area contributed by atoms with E-state index in [0.717, 1.165) is 64.1 Å². The van der Waals surface area contributed by atoms with Crippen molar-refractivity contribution in [1.82, 2.24) is 4.90 Å². The van der Waals surface area contributed by atoms with Gasteiger partial charge in [0.25, 0.3) is 0 Å². The molecule has 2 atom stereocenters. The summed E-state index contributed by atoms with van der Waals surface area (Å²) in [7, 11) is -1.04. The van der Waals surface area contributed by atoms with Gasteiger partial charge in [-0.3, -0.25) is 9.69 Å². The normalized spacial score (nSPS) is 25.8. The van der Waals surface area contributed by atoms with Crippen LogP contribution < -0.4 is 9.62 Å². The van der Waals surface area contributed by atoms with E-state index in [1.54, 1.807) is 6.26 Å². The Balaban J connectivity index is 1.21. The second-order valence-corrected chi connectivity index (χ2v) is 9.55. The lowest BCUT2D eigenvalue weighted by Gasteiger charge is -2.36. The summed E-state index contributed by atoms with van der Waals surface area (Å²) >= 11 is 0. The van der Waals surface area contributed by atoms with Crippen LogP contribution in [0.4, 0.5) is 11.4 Å². The van der Waals surface area contributed by atoms with Gasteiger partial charge in [-0.1, -0.05) is 12.8 Å². The van der Waals surface area contributed by atoms with Crippen molar-refractivity contribution in [3.8, 4) is 0 Å². The van der Waals surface area contributed by atoms with Crippen LogP contribution in [-0.2, 0) is 20.5 Å². The molecule has 1 aromatic rings. The van der Waals surface area contributed by atoms with Gasteiger partial charge in [0.15, 0.2) is 0 Å². The molecule has 2 saturated heterocycles. The summed E-state index contributed by atoms with van der Waals surface area (Å²) in [5.74, 6) is 0.0738. The molecule has 1 N–H and O–H groups in total. The van der Waals surface area contributed by atoms with E-state index >= 15 is 0 Å². The first-order valence-electron chi connectivity index (χ1n) is 10.4. The monoisotopic (exact) mass is 405 g/mol. The molecule has 0 aromatic heterocycles. The number of ether oxygens (including phenoxy) is 1. The van der Waals surface area contributed by atoms with E-state index in [2.05, 4.69) is 26.7 Å². The SMILES string of the molecule is CS(=O)Nc1ccc(N2CCN(CCC3CC4(CCCC4)C(=O)O3)CC2)cc1. The van der Waals surface area contributed by atoms with Gasteiger partial charge in [0, 0.05) is 56.8 Å². The molecule has 4 rings (SSSR count). The lowest BCUT2D eigenvalue weighted by Crippen LogP contribution is -2.47. The molecule has 1 spiro atoms. The minimum absolute atomic E-state index is 0.0738. The molecule has 2 aliphatic heterocycles. The third-order valence-electron chi connectivity index (χ3n) is 6.52. The van der Waals surface area contributed by atoms with Crippen molar-refractivity contribution in [2.24, 2.45) is 5.41 Å². The molecule has 7 heteroatoms. The number of esters is 1. The van der Waals surface area contributed by atoms with Gasteiger partial charge < -0.3 is 14.4 Å². The summed E-state index contributed by atoms with van der Waals surface area (Å²) in [6, 6.07) is 8.14. The molecule has 0 radical (unpaired) electrons. The van der Waals surface area contributed by atoms with Crippen LogP contribution >= 0.6 is 0 Å². The highest BCUT2D eigenvalue weighted by atomic mass is 32.2. The summed E-state index contributed by atoms with van der Waals surface area (Å²) in [5.41, 5.74) is 1.96. The van der Waals surface area contributed by atoms with Crippen LogP contribution in [0.2, 0.25) is 0 Å². The highest BCUT2D eigenvalue weighted by Gasteiger charge is 2.50. The molecule has 1 saturated carbocycles. The van der Waals surface area contributed by atoms with Crippen LogP contribution in [0.1, 0.15) is 38.5 Å². The maximum absolute atomic E-state index is 12.3. The van der Waals surface area contributed by atoms with Gasteiger partial charge in [0.2, 0.25) is 0 Å². The quantitative estimate of drug-likeness (QED) is 0.738. The van der Waals surface area contributed by atoms with Gasteiger partial charge in [-0.25, -0.2) is 4.21 Å². The number of nitrogens with one attached hydrogen (secondary N) is 1. The van der Waals surface area contributed by atoms with E-state index in [0.29, 0.717) is 0 Å². The zero-order valence-electron chi connectivity index (χ0n) is 16.7. The van der Waals surface area contributed by atoms with Crippen molar-refractivity contribution in [3.05, 3.63) is 24.3 Å². The number of rotatable bonds is 6. The maximum atomic E-state index is 12.3. The molecule has 0 bridgehead atoms. The zero-order chi connectivity index (χ0) is 19.6. The number of carbonyl (C=O) groups excluding carboxylic acids is 1. The summed E-state index contributed by atoms with van der Waals surface area (Å²) in [6.07, 6.45) is 8.07. The molecule has 1 aliphatic carbocycles. The number of carbonyl (C=O) groups is 1. The number of hydrogen-bond donors (Lipinski definition) is 1. The molecule has 2 unspecified atom stereocenters. The smallest absolute Gasteiger partial charge is 0.312 e. The molecular weight excluding hydrogens is 374 g/mol. The van der Waals surface area contributed by atoms with Crippen molar-refractivity contribution in [3.63, 3.8) is 0 Å². The van der Waals surface area contributed by atoms with Crippen LogP contribution in [-0.4, -0.2) is 60.2 Å². The van der Waals surface area contributed by atoms with Gasteiger partial charge >= 0.3 is 5.97 Å².